The highest BCUT2D eigenvalue weighted by molar-refractivity contribution is 7.14. The number of hydrogen-bond acceptors (Lipinski definition) is 4. The Kier molecular flexibility index (Phi) is 4.93. The van der Waals surface area contributed by atoms with Gasteiger partial charge in [-0.1, -0.05) is 0 Å². The lowest BCUT2D eigenvalue weighted by Gasteiger charge is -2.29. The molecule has 1 saturated heterocycles. The molecule has 1 atom stereocenters. The second kappa shape index (κ2) is 6.90. The van der Waals surface area contributed by atoms with Crippen LogP contribution < -0.4 is 5.32 Å². The molecule has 1 aliphatic carbocycles. The molecule has 4 nitrogen and oxygen atoms in total. The van der Waals surface area contributed by atoms with E-state index >= 15 is 0 Å². The molecule has 5 heteroatoms. The minimum Gasteiger partial charge on any atom is -0.379 e. The molecule has 0 spiro atoms. The normalized spacial score (nSPS) is 20.8. The molecule has 0 saturated carbocycles. The van der Waals surface area contributed by atoms with Crippen molar-refractivity contribution in [2.45, 2.75) is 38.6 Å². The maximum absolute atomic E-state index is 12.4. The molecule has 21 heavy (non-hydrogen) atoms. The molecule has 1 aromatic heterocycles. The van der Waals surface area contributed by atoms with Gasteiger partial charge >= 0.3 is 0 Å². The van der Waals surface area contributed by atoms with Gasteiger partial charge in [-0.05, 0) is 44.2 Å². The summed E-state index contributed by atoms with van der Waals surface area (Å²) in [5.74, 6) is 0.0927. The summed E-state index contributed by atoms with van der Waals surface area (Å²) in [5.41, 5.74) is 1.40. The molecule has 1 aromatic rings. The van der Waals surface area contributed by atoms with E-state index in [4.69, 9.17) is 4.74 Å². The van der Waals surface area contributed by atoms with Crippen LogP contribution in [0, 0.1) is 0 Å². The molecular weight excluding hydrogens is 284 g/mol. The highest BCUT2D eigenvalue weighted by atomic mass is 32.1. The van der Waals surface area contributed by atoms with Gasteiger partial charge in [0.2, 0.25) is 0 Å². The SMILES string of the molecule is CC(CN1CCOCC1)NC(=O)c1cc2c(s1)CCCC2. The zero-order chi connectivity index (χ0) is 14.7. The van der Waals surface area contributed by atoms with Gasteiger partial charge in [0.25, 0.3) is 5.91 Å². The van der Waals surface area contributed by atoms with Crippen LogP contribution in [-0.2, 0) is 17.6 Å². The van der Waals surface area contributed by atoms with E-state index in [2.05, 4.69) is 23.2 Å². The van der Waals surface area contributed by atoms with Crippen molar-refractivity contribution in [3.63, 3.8) is 0 Å². The number of carbonyl (C=O) groups is 1. The second-order valence-electron chi connectivity index (χ2n) is 6.05. The molecule has 0 aromatic carbocycles. The number of carbonyl (C=O) groups excluding carboxylic acids is 1. The molecule has 1 aliphatic heterocycles. The van der Waals surface area contributed by atoms with Gasteiger partial charge in [-0.2, -0.15) is 0 Å². The third kappa shape index (κ3) is 3.84. The first-order valence-electron chi connectivity index (χ1n) is 7.95. The summed E-state index contributed by atoms with van der Waals surface area (Å²) in [4.78, 5) is 17.0. The molecule has 0 radical (unpaired) electrons. The quantitative estimate of drug-likeness (QED) is 0.926. The van der Waals surface area contributed by atoms with Crippen molar-refractivity contribution in [1.82, 2.24) is 10.2 Å². The lowest BCUT2D eigenvalue weighted by molar-refractivity contribution is 0.0342. The third-order valence-corrected chi connectivity index (χ3v) is 5.47. The average molecular weight is 308 g/mol. The van der Waals surface area contributed by atoms with Gasteiger partial charge in [0.1, 0.15) is 0 Å². The van der Waals surface area contributed by atoms with Gasteiger partial charge in [-0.3, -0.25) is 9.69 Å². The first-order chi connectivity index (χ1) is 10.2. The number of fused-ring (bicyclic) bond motifs is 1. The Morgan fingerprint density at radius 3 is 2.90 bits per heavy atom. The van der Waals surface area contributed by atoms with E-state index in [0.29, 0.717) is 0 Å². The van der Waals surface area contributed by atoms with E-state index in [9.17, 15) is 4.79 Å². The summed E-state index contributed by atoms with van der Waals surface area (Å²) in [6.07, 6.45) is 4.82. The highest BCUT2D eigenvalue weighted by Crippen LogP contribution is 2.29. The van der Waals surface area contributed by atoms with Crippen LogP contribution in [0.25, 0.3) is 0 Å². The van der Waals surface area contributed by atoms with Crippen LogP contribution in [0.15, 0.2) is 6.07 Å². The molecule has 1 fully saturated rings. The van der Waals surface area contributed by atoms with E-state index in [1.807, 2.05) is 0 Å². The van der Waals surface area contributed by atoms with Crippen LogP contribution >= 0.6 is 11.3 Å². The largest absolute Gasteiger partial charge is 0.379 e. The zero-order valence-corrected chi connectivity index (χ0v) is 13.5. The lowest BCUT2D eigenvalue weighted by atomic mass is 9.99. The predicted molar refractivity (Wildman–Crippen MR) is 85.1 cm³/mol. The van der Waals surface area contributed by atoms with Crippen molar-refractivity contribution in [3.8, 4) is 0 Å². The Labute approximate surface area is 130 Å². The predicted octanol–water partition coefficient (Wildman–Crippen LogP) is 2.08. The van der Waals surface area contributed by atoms with Crippen molar-refractivity contribution >= 4 is 17.2 Å². The smallest absolute Gasteiger partial charge is 0.261 e. The van der Waals surface area contributed by atoms with Crippen molar-refractivity contribution in [2.75, 3.05) is 32.8 Å². The average Bonchev–Trinajstić information content (AvgIpc) is 2.92. The van der Waals surface area contributed by atoms with E-state index < -0.39 is 0 Å². The first-order valence-corrected chi connectivity index (χ1v) is 8.76. The molecule has 0 bridgehead atoms. The van der Waals surface area contributed by atoms with E-state index in [0.717, 1.165) is 50.6 Å². The molecule has 1 N–H and O–H groups in total. The summed E-state index contributed by atoms with van der Waals surface area (Å²) in [6, 6.07) is 2.28. The van der Waals surface area contributed by atoms with Gasteiger partial charge in [-0.25, -0.2) is 0 Å². The molecule has 3 rings (SSSR count). The number of hydrogen-bond donors (Lipinski definition) is 1. The van der Waals surface area contributed by atoms with Crippen molar-refractivity contribution < 1.29 is 9.53 Å². The third-order valence-electron chi connectivity index (χ3n) is 4.23. The summed E-state index contributed by atoms with van der Waals surface area (Å²) in [6.45, 7) is 6.53. The number of nitrogens with zero attached hydrogens (tertiary/aromatic N) is 1. The van der Waals surface area contributed by atoms with Gasteiger partial charge in [-0.15, -0.1) is 11.3 Å². The van der Waals surface area contributed by atoms with Crippen LogP contribution in [-0.4, -0.2) is 49.7 Å². The van der Waals surface area contributed by atoms with Gasteiger partial charge in [0, 0.05) is 30.6 Å². The molecular formula is C16H24N2O2S. The Morgan fingerprint density at radius 1 is 1.38 bits per heavy atom. The number of aryl methyl sites for hydroxylation is 2. The van der Waals surface area contributed by atoms with Crippen LogP contribution in [0.4, 0.5) is 0 Å². The highest BCUT2D eigenvalue weighted by Gasteiger charge is 2.19. The van der Waals surface area contributed by atoms with Crippen molar-refractivity contribution in [3.05, 3.63) is 21.4 Å². The Balaban J connectivity index is 1.54. The van der Waals surface area contributed by atoms with Crippen LogP contribution in [0.5, 0.6) is 0 Å². The molecule has 2 heterocycles. The maximum atomic E-state index is 12.4. The van der Waals surface area contributed by atoms with Crippen molar-refractivity contribution in [2.24, 2.45) is 0 Å². The standard InChI is InChI=1S/C16H24N2O2S/c1-12(11-18-6-8-20-9-7-18)17-16(19)15-10-13-4-2-3-5-14(13)21-15/h10,12H,2-9,11H2,1H3,(H,17,19). The summed E-state index contributed by atoms with van der Waals surface area (Å²) in [7, 11) is 0. The minimum absolute atomic E-state index is 0.0927. The number of thiophene rings is 1. The fraction of sp³-hybridized carbons (Fsp3) is 0.688. The summed E-state index contributed by atoms with van der Waals surface area (Å²) >= 11 is 1.69. The Morgan fingerprint density at radius 2 is 2.14 bits per heavy atom. The van der Waals surface area contributed by atoms with Gasteiger partial charge in [0.15, 0.2) is 0 Å². The van der Waals surface area contributed by atoms with E-state index in [-0.39, 0.29) is 11.9 Å². The Bertz CT molecular complexity index is 471. The van der Waals surface area contributed by atoms with E-state index in [1.54, 1.807) is 11.3 Å². The Hall–Kier alpha value is -0.910. The van der Waals surface area contributed by atoms with Gasteiger partial charge in [0.05, 0.1) is 18.1 Å². The fourth-order valence-corrected chi connectivity index (χ4v) is 4.27. The number of amides is 1. The zero-order valence-electron chi connectivity index (χ0n) is 12.7. The summed E-state index contributed by atoms with van der Waals surface area (Å²) in [5, 5.41) is 3.14. The summed E-state index contributed by atoms with van der Waals surface area (Å²) < 4.78 is 5.35. The minimum atomic E-state index is 0.0927. The molecule has 1 amide bonds. The monoisotopic (exact) mass is 308 g/mol. The molecule has 2 aliphatic rings. The van der Waals surface area contributed by atoms with Crippen LogP contribution in [0.3, 0.4) is 0 Å². The second-order valence-corrected chi connectivity index (χ2v) is 7.19. The topological polar surface area (TPSA) is 41.6 Å². The van der Waals surface area contributed by atoms with Crippen LogP contribution in [0.1, 0.15) is 39.9 Å². The number of nitrogens with one attached hydrogen (secondary N) is 1. The van der Waals surface area contributed by atoms with Gasteiger partial charge < -0.3 is 10.1 Å². The van der Waals surface area contributed by atoms with Crippen molar-refractivity contribution in [1.29, 1.82) is 0 Å². The first kappa shape index (κ1) is 15.0. The van der Waals surface area contributed by atoms with Crippen LogP contribution in [0.2, 0.25) is 0 Å². The molecule has 116 valence electrons. The number of rotatable bonds is 4. The fourth-order valence-electron chi connectivity index (χ4n) is 3.11. The maximum Gasteiger partial charge on any atom is 0.261 e. The lowest BCUT2D eigenvalue weighted by Crippen LogP contribution is -2.45. The number of morpholine rings is 1. The number of ether oxygens (including phenoxy) is 1. The molecule has 1 unspecified atom stereocenters. The van der Waals surface area contributed by atoms with E-state index in [1.165, 1.54) is 23.3 Å².